The van der Waals surface area contributed by atoms with Crippen LogP contribution in [-0.4, -0.2) is 24.4 Å². The van der Waals surface area contributed by atoms with E-state index in [0.717, 1.165) is 18.6 Å². The smallest absolute Gasteiger partial charge is 0.412 e. The molecule has 1 heterocycles. The van der Waals surface area contributed by atoms with Gasteiger partial charge < -0.3 is 9.47 Å². The zero-order valence-electron chi connectivity index (χ0n) is 11.3. The Morgan fingerprint density at radius 1 is 1.53 bits per heavy atom. The second-order valence-electron chi connectivity index (χ2n) is 5.59. The average molecular weight is 284 g/mol. The first-order valence-corrected chi connectivity index (χ1v) is 6.61. The first kappa shape index (κ1) is 14.2. The van der Waals surface area contributed by atoms with Crippen molar-refractivity contribution in [3.8, 4) is 0 Å². The molecule has 0 bridgehead atoms. The highest BCUT2D eigenvalue weighted by Crippen LogP contribution is 2.25. The maximum absolute atomic E-state index is 11.7. The maximum Gasteiger partial charge on any atom is 0.412 e. The minimum Gasteiger partial charge on any atom is -0.444 e. The topological polar surface area (TPSA) is 50.9 Å². The van der Waals surface area contributed by atoms with Crippen molar-refractivity contribution in [1.29, 1.82) is 0 Å². The van der Waals surface area contributed by atoms with Crippen LogP contribution in [0.25, 0.3) is 0 Å². The fraction of sp³-hybridized carbons (Fsp3) is 0.500. The number of benzene rings is 1. The van der Waals surface area contributed by atoms with Crippen LogP contribution in [0, 0.1) is 0 Å². The number of carbonyl (C=O) groups excluding carboxylic acids is 1. The maximum atomic E-state index is 11.7. The lowest BCUT2D eigenvalue weighted by atomic mass is 10.1. The molecule has 0 spiro atoms. The molecule has 2 rings (SSSR count). The number of epoxide rings is 1. The fourth-order valence-corrected chi connectivity index (χ4v) is 1.86. The van der Waals surface area contributed by atoms with E-state index >= 15 is 0 Å². The van der Waals surface area contributed by atoms with Crippen LogP contribution in [0.2, 0.25) is 5.02 Å². The predicted molar refractivity (Wildman–Crippen MR) is 74.8 cm³/mol. The molecule has 1 unspecified atom stereocenters. The summed E-state index contributed by atoms with van der Waals surface area (Å²) in [6, 6.07) is 5.38. The van der Waals surface area contributed by atoms with Crippen molar-refractivity contribution in [1.82, 2.24) is 0 Å². The molecule has 4 nitrogen and oxygen atoms in total. The Bertz CT molecular complexity index is 478. The number of ether oxygens (including phenoxy) is 2. The molecule has 1 aromatic carbocycles. The molecule has 0 aromatic heterocycles. The lowest BCUT2D eigenvalue weighted by molar-refractivity contribution is 0.0636. The summed E-state index contributed by atoms with van der Waals surface area (Å²) < 4.78 is 10.4. The number of amides is 1. The molecule has 1 aromatic rings. The van der Waals surface area contributed by atoms with Crippen molar-refractivity contribution >= 4 is 23.4 Å². The molecule has 0 radical (unpaired) electrons. The number of halogens is 1. The lowest BCUT2D eigenvalue weighted by Gasteiger charge is -2.19. The van der Waals surface area contributed by atoms with Gasteiger partial charge in [0, 0.05) is 17.1 Å². The number of rotatable bonds is 3. The molecule has 104 valence electrons. The third-order valence-corrected chi connectivity index (χ3v) is 2.91. The molecule has 19 heavy (non-hydrogen) atoms. The van der Waals surface area contributed by atoms with Crippen LogP contribution in [0.3, 0.4) is 0 Å². The second-order valence-corrected chi connectivity index (χ2v) is 6.00. The van der Waals surface area contributed by atoms with Gasteiger partial charge >= 0.3 is 6.09 Å². The van der Waals surface area contributed by atoms with Crippen molar-refractivity contribution in [2.45, 2.75) is 38.9 Å². The predicted octanol–water partition coefficient (Wildman–Crippen LogP) is 3.63. The number of carbonyl (C=O) groups is 1. The molecular weight excluding hydrogens is 266 g/mol. The van der Waals surface area contributed by atoms with Gasteiger partial charge in [0.25, 0.3) is 0 Å². The highest BCUT2D eigenvalue weighted by molar-refractivity contribution is 6.31. The molecule has 1 aliphatic heterocycles. The number of hydrogen-bond donors (Lipinski definition) is 1. The van der Waals surface area contributed by atoms with E-state index in [0.29, 0.717) is 10.7 Å². The van der Waals surface area contributed by atoms with Gasteiger partial charge in [-0.25, -0.2) is 4.79 Å². The summed E-state index contributed by atoms with van der Waals surface area (Å²) in [5.74, 6) is 0. The van der Waals surface area contributed by atoms with E-state index in [4.69, 9.17) is 21.1 Å². The molecule has 1 saturated heterocycles. The summed E-state index contributed by atoms with van der Waals surface area (Å²) in [7, 11) is 0. The average Bonchev–Trinajstić information content (AvgIpc) is 3.04. The van der Waals surface area contributed by atoms with E-state index in [2.05, 4.69) is 5.32 Å². The molecule has 1 aliphatic rings. The highest BCUT2D eigenvalue weighted by atomic mass is 35.5. The van der Waals surface area contributed by atoms with Crippen LogP contribution in [0.5, 0.6) is 0 Å². The number of anilines is 1. The zero-order chi connectivity index (χ0) is 14.0. The van der Waals surface area contributed by atoms with Gasteiger partial charge in [-0.3, -0.25) is 5.32 Å². The van der Waals surface area contributed by atoms with Gasteiger partial charge in [-0.05, 0) is 44.5 Å². The quantitative estimate of drug-likeness (QED) is 0.862. The van der Waals surface area contributed by atoms with E-state index in [9.17, 15) is 4.79 Å². The van der Waals surface area contributed by atoms with Gasteiger partial charge in [0.05, 0.1) is 12.7 Å². The van der Waals surface area contributed by atoms with Crippen LogP contribution in [0.4, 0.5) is 10.5 Å². The van der Waals surface area contributed by atoms with Gasteiger partial charge in [0.2, 0.25) is 0 Å². The first-order chi connectivity index (χ1) is 8.83. The van der Waals surface area contributed by atoms with Crippen LogP contribution in [0.15, 0.2) is 18.2 Å². The van der Waals surface area contributed by atoms with Gasteiger partial charge in [-0.2, -0.15) is 0 Å². The van der Waals surface area contributed by atoms with Crippen molar-refractivity contribution < 1.29 is 14.3 Å². The van der Waals surface area contributed by atoms with Gasteiger partial charge in [0.1, 0.15) is 5.60 Å². The van der Waals surface area contributed by atoms with E-state index in [-0.39, 0.29) is 6.10 Å². The van der Waals surface area contributed by atoms with Crippen molar-refractivity contribution in [2.24, 2.45) is 0 Å². The minimum atomic E-state index is -0.513. The number of nitrogens with one attached hydrogen (secondary N) is 1. The Morgan fingerprint density at radius 2 is 2.21 bits per heavy atom. The standard InChI is InChI=1S/C14H18ClNO3/c1-14(2,3)19-13(17)16-10-4-5-12(15)9(6-10)7-11-8-18-11/h4-6,11H,7-8H2,1-3H3,(H,16,17). The van der Waals surface area contributed by atoms with Gasteiger partial charge in [-0.1, -0.05) is 11.6 Å². The summed E-state index contributed by atoms with van der Waals surface area (Å²) in [5, 5.41) is 3.38. The Morgan fingerprint density at radius 3 is 2.79 bits per heavy atom. The van der Waals surface area contributed by atoms with Crippen LogP contribution >= 0.6 is 11.6 Å². The van der Waals surface area contributed by atoms with Crippen LogP contribution in [0.1, 0.15) is 26.3 Å². The minimum absolute atomic E-state index is 0.259. The monoisotopic (exact) mass is 283 g/mol. The Labute approximate surface area is 118 Å². The summed E-state index contributed by atoms with van der Waals surface area (Å²) in [6.07, 6.45) is 0.556. The SMILES string of the molecule is CC(C)(C)OC(=O)Nc1ccc(Cl)c(CC2CO2)c1. The summed E-state index contributed by atoms with van der Waals surface area (Å²) in [5.41, 5.74) is 1.13. The Balaban J connectivity index is 2.01. The Kier molecular flexibility index (Phi) is 4.02. The second kappa shape index (κ2) is 5.39. The van der Waals surface area contributed by atoms with Crippen molar-refractivity contribution in [3.05, 3.63) is 28.8 Å². The summed E-state index contributed by atoms with van der Waals surface area (Å²) >= 11 is 6.11. The highest BCUT2D eigenvalue weighted by Gasteiger charge is 2.24. The third-order valence-electron chi connectivity index (χ3n) is 2.54. The van der Waals surface area contributed by atoms with E-state index < -0.39 is 11.7 Å². The summed E-state index contributed by atoms with van der Waals surface area (Å²) in [4.78, 5) is 11.7. The van der Waals surface area contributed by atoms with E-state index in [1.807, 2.05) is 26.8 Å². The molecule has 0 saturated carbocycles. The number of hydrogen-bond acceptors (Lipinski definition) is 3. The molecular formula is C14H18ClNO3. The third kappa shape index (κ3) is 4.73. The van der Waals surface area contributed by atoms with Crippen molar-refractivity contribution in [3.63, 3.8) is 0 Å². The van der Waals surface area contributed by atoms with E-state index in [1.54, 1.807) is 12.1 Å². The fourth-order valence-electron chi connectivity index (χ4n) is 1.66. The normalized spacial score (nSPS) is 18.0. The largest absolute Gasteiger partial charge is 0.444 e. The first-order valence-electron chi connectivity index (χ1n) is 6.23. The molecule has 1 atom stereocenters. The van der Waals surface area contributed by atoms with Gasteiger partial charge in [0.15, 0.2) is 0 Å². The molecule has 5 heteroatoms. The lowest BCUT2D eigenvalue weighted by Crippen LogP contribution is -2.27. The van der Waals surface area contributed by atoms with Crippen LogP contribution in [-0.2, 0) is 15.9 Å². The molecule has 1 N–H and O–H groups in total. The molecule has 0 aliphatic carbocycles. The van der Waals surface area contributed by atoms with Crippen LogP contribution < -0.4 is 5.32 Å². The molecule has 1 amide bonds. The summed E-state index contributed by atoms with van der Waals surface area (Å²) in [6.45, 7) is 6.25. The molecule has 1 fully saturated rings. The Hall–Kier alpha value is -1.26. The van der Waals surface area contributed by atoms with Gasteiger partial charge in [-0.15, -0.1) is 0 Å². The zero-order valence-corrected chi connectivity index (χ0v) is 12.1. The van der Waals surface area contributed by atoms with Crippen molar-refractivity contribution in [2.75, 3.05) is 11.9 Å². The van der Waals surface area contributed by atoms with E-state index in [1.165, 1.54) is 0 Å².